The summed E-state index contributed by atoms with van der Waals surface area (Å²) < 4.78 is 16.6. The number of ether oxygens (including phenoxy) is 2. The largest absolute Gasteiger partial charge is 0.496 e. The van der Waals surface area contributed by atoms with Gasteiger partial charge in [0.1, 0.15) is 17.3 Å². The lowest BCUT2D eigenvalue weighted by molar-refractivity contribution is -0.121. The molecule has 0 N–H and O–H groups in total. The van der Waals surface area contributed by atoms with Gasteiger partial charge in [-0.15, -0.1) is 0 Å². The molecule has 0 aliphatic carbocycles. The SMILES string of the molecule is COc1cc2c(cc1-c1c(C)noc1C)OCC(=O)N2Cc1ccc(Cl)cc1. The van der Waals surface area contributed by atoms with Gasteiger partial charge in [-0.3, -0.25) is 4.79 Å². The monoisotopic (exact) mass is 398 g/mol. The van der Waals surface area contributed by atoms with Crippen molar-refractivity contribution in [1.82, 2.24) is 5.16 Å². The number of aryl methyl sites for hydroxylation is 2. The zero-order valence-corrected chi connectivity index (χ0v) is 16.5. The maximum Gasteiger partial charge on any atom is 0.265 e. The van der Waals surface area contributed by atoms with Gasteiger partial charge in [-0.05, 0) is 37.6 Å². The van der Waals surface area contributed by atoms with E-state index in [1.54, 1.807) is 12.0 Å². The Morgan fingerprint density at radius 3 is 2.61 bits per heavy atom. The van der Waals surface area contributed by atoms with E-state index in [1.165, 1.54) is 0 Å². The fourth-order valence-electron chi connectivity index (χ4n) is 3.41. The number of rotatable bonds is 4. The van der Waals surface area contributed by atoms with E-state index in [1.807, 2.05) is 50.2 Å². The van der Waals surface area contributed by atoms with Gasteiger partial charge >= 0.3 is 0 Å². The molecule has 0 saturated carbocycles. The van der Waals surface area contributed by atoms with Crippen LogP contribution in [-0.4, -0.2) is 24.8 Å². The molecule has 1 aliphatic heterocycles. The van der Waals surface area contributed by atoms with Gasteiger partial charge in [0.2, 0.25) is 0 Å². The molecular formula is C21H19ClN2O4. The second kappa shape index (κ2) is 7.20. The van der Waals surface area contributed by atoms with Gasteiger partial charge in [0, 0.05) is 16.7 Å². The van der Waals surface area contributed by atoms with E-state index in [0.717, 1.165) is 22.4 Å². The van der Waals surface area contributed by atoms with Crippen LogP contribution in [0.4, 0.5) is 5.69 Å². The number of hydrogen-bond acceptors (Lipinski definition) is 5. The van der Waals surface area contributed by atoms with Crippen LogP contribution in [0.2, 0.25) is 5.02 Å². The van der Waals surface area contributed by atoms with Gasteiger partial charge in [0.05, 0.1) is 30.6 Å². The number of carbonyl (C=O) groups excluding carboxylic acids is 1. The number of amides is 1. The van der Waals surface area contributed by atoms with Crippen molar-refractivity contribution >= 4 is 23.2 Å². The molecule has 1 amide bonds. The minimum atomic E-state index is -0.116. The van der Waals surface area contributed by atoms with Crippen molar-refractivity contribution in [2.24, 2.45) is 0 Å². The summed E-state index contributed by atoms with van der Waals surface area (Å²) in [6.45, 7) is 4.13. The molecule has 1 aliphatic rings. The Bertz CT molecular complexity index is 1020. The average Bonchev–Trinajstić information content (AvgIpc) is 3.03. The second-order valence-corrected chi connectivity index (χ2v) is 7.05. The van der Waals surface area contributed by atoms with Crippen molar-refractivity contribution in [3.8, 4) is 22.6 Å². The highest BCUT2D eigenvalue weighted by Gasteiger charge is 2.29. The number of anilines is 1. The van der Waals surface area contributed by atoms with Crippen LogP contribution < -0.4 is 14.4 Å². The van der Waals surface area contributed by atoms with Crippen LogP contribution in [0.5, 0.6) is 11.5 Å². The Hall–Kier alpha value is -2.99. The quantitative estimate of drug-likeness (QED) is 0.645. The van der Waals surface area contributed by atoms with Crippen LogP contribution in [0, 0.1) is 13.8 Å². The number of halogens is 1. The van der Waals surface area contributed by atoms with Crippen LogP contribution >= 0.6 is 11.6 Å². The zero-order valence-electron chi connectivity index (χ0n) is 15.8. The van der Waals surface area contributed by atoms with Crippen molar-refractivity contribution in [3.63, 3.8) is 0 Å². The molecular weight excluding hydrogens is 380 g/mol. The molecule has 6 nitrogen and oxygen atoms in total. The Morgan fingerprint density at radius 1 is 1.21 bits per heavy atom. The van der Waals surface area contributed by atoms with Crippen molar-refractivity contribution in [3.05, 3.63) is 58.4 Å². The molecule has 0 unspecified atom stereocenters. The zero-order chi connectivity index (χ0) is 19.8. The highest BCUT2D eigenvalue weighted by Crippen LogP contribution is 2.44. The molecule has 2 aromatic carbocycles. The van der Waals surface area contributed by atoms with Crippen LogP contribution in [-0.2, 0) is 11.3 Å². The fourth-order valence-corrected chi connectivity index (χ4v) is 3.53. The van der Waals surface area contributed by atoms with Gasteiger partial charge in [-0.2, -0.15) is 0 Å². The summed E-state index contributed by atoms with van der Waals surface area (Å²) in [5, 5.41) is 4.68. The maximum atomic E-state index is 12.6. The molecule has 7 heteroatoms. The average molecular weight is 399 g/mol. The minimum absolute atomic E-state index is 0.0199. The summed E-state index contributed by atoms with van der Waals surface area (Å²) in [4.78, 5) is 14.3. The fraction of sp³-hybridized carbons (Fsp3) is 0.238. The first kappa shape index (κ1) is 18.4. The molecule has 144 valence electrons. The Labute approximate surface area is 167 Å². The molecule has 0 fully saturated rings. The molecule has 2 heterocycles. The van der Waals surface area contributed by atoms with E-state index in [0.29, 0.717) is 34.5 Å². The number of carbonyl (C=O) groups is 1. The molecule has 0 spiro atoms. The lowest BCUT2D eigenvalue weighted by Gasteiger charge is -2.30. The third-order valence-corrected chi connectivity index (χ3v) is 5.03. The minimum Gasteiger partial charge on any atom is -0.496 e. The lowest BCUT2D eigenvalue weighted by atomic mass is 10.0. The summed E-state index contributed by atoms with van der Waals surface area (Å²) in [6, 6.07) is 11.1. The van der Waals surface area contributed by atoms with Crippen molar-refractivity contribution in [2.75, 3.05) is 18.6 Å². The molecule has 1 aromatic heterocycles. The number of fused-ring (bicyclic) bond motifs is 1. The number of benzene rings is 2. The molecule has 28 heavy (non-hydrogen) atoms. The first-order chi connectivity index (χ1) is 13.5. The van der Waals surface area contributed by atoms with Crippen LogP contribution in [0.15, 0.2) is 40.9 Å². The normalized spacial score (nSPS) is 13.3. The van der Waals surface area contributed by atoms with Crippen LogP contribution in [0.1, 0.15) is 17.0 Å². The first-order valence-electron chi connectivity index (χ1n) is 8.81. The third kappa shape index (κ3) is 3.20. The van der Waals surface area contributed by atoms with Crippen molar-refractivity contribution in [2.45, 2.75) is 20.4 Å². The maximum absolute atomic E-state index is 12.6. The topological polar surface area (TPSA) is 64.8 Å². The van der Waals surface area contributed by atoms with E-state index >= 15 is 0 Å². The Balaban J connectivity index is 1.79. The number of aromatic nitrogens is 1. The predicted octanol–water partition coefficient (Wildman–Crippen LogP) is 4.55. The second-order valence-electron chi connectivity index (χ2n) is 6.61. The van der Waals surface area contributed by atoms with Crippen LogP contribution in [0.3, 0.4) is 0 Å². The number of methoxy groups -OCH3 is 1. The summed E-state index contributed by atoms with van der Waals surface area (Å²) in [5.74, 6) is 1.81. The summed E-state index contributed by atoms with van der Waals surface area (Å²) in [6.07, 6.45) is 0. The molecule has 3 aromatic rings. The van der Waals surface area contributed by atoms with Crippen LogP contribution in [0.25, 0.3) is 11.1 Å². The first-order valence-corrected chi connectivity index (χ1v) is 9.18. The van der Waals surface area contributed by atoms with Gasteiger partial charge in [-0.25, -0.2) is 0 Å². The van der Waals surface area contributed by atoms with Crippen molar-refractivity contribution in [1.29, 1.82) is 0 Å². The smallest absolute Gasteiger partial charge is 0.265 e. The lowest BCUT2D eigenvalue weighted by Crippen LogP contribution is -2.38. The summed E-state index contributed by atoms with van der Waals surface area (Å²) in [5.41, 5.74) is 4.08. The van der Waals surface area contributed by atoms with E-state index in [9.17, 15) is 4.79 Å². The van der Waals surface area contributed by atoms with Crippen molar-refractivity contribution < 1.29 is 18.8 Å². The molecule has 4 rings (SSSR count). The number of nitrogens with zero attached hydrogens (tertiary/aromatic N) is 2. The molecule has 0 saturated heterocycles. The highest BCUT2D eigenvalue weighted by molar-refractivity contribution is 6.30. The van der Waals surface area contributed by atoms with Gasteiger partial charge < -0.3 is 18.9 Å². The highest BCUT2D eigenvalue weighted by atomic mass is 35.5. The third-order valence-electron chi connectivity index (χ3n) is 4.78. The molecule has 0 atom stereocenters. The van der Waals surface area contributed by atoms with E-state index in [4.69, 9.17) is 25.6 Å². The standard InChI is InChI=1S/C21H19ClN2O4/c1-12-21(13(2)28-23-12)16-8-19-17(9-18(16)26-3)24(20(25)11-27-19)10-14-4-6-15(22)7-5-14/h4-9H,10-11H2,1-3H3. The van der Waals surface area contributed by atoms with E-state index in [2.05, 4.69) is 5.16 Å². The van der Waals surface area contributed by atoms with E-state index in [-0.39, 0.29) is 12.5 Å². The van der Waals surface area contributed by atoms with Gasteiger partial charge in [0.15, 0.2) is 6.61 Å². The summed E-state index contributed by atoms with van der Waals surface area (Å²) in [7, 11) is 1.60. The predicted molar refractivity (Wildman–Crippen MR) is 106 cm³/mol. The number of hydrogen-bond donors (Lipinski definition) is 0. The van der Waals surface area contributed by atoms with E-state index < -0.39 is 0 Å². The molecule has 0 bridgehead atoms. The molecule has 0 radical (unpaired) electrons. The van der Waals surface area contributed by atoms with Gasteiger partial charge in [-0.1, -0.05) is 28.9 Å². The Kier molecular flexibility index (Phi) is 4.73. The Morgan fingerprint density at radius 2 is 1.96 bits per heavy atom. The van der Waals surface area contributed by atoms with Gasteiger partial charge in [0.25, 0.3) is 5.91 Å². The summed E-state index contributed by atoms with van der Waals surface area (Å²) >= 11 is 5.97.